The molecule has 0 aromatic heterocycles. The normalized spacial score (nSPS) is 10.0. The van der Waals surface area contributed by atoms with Crippen molar-refractivity contribution >= 4 is 8.07 Å². The summed E-state index contributed by atoms with van der Waals surface area (Å²) in [5.74, 6) is 0. The van der Waals surface area contributed by atoms with E-state index in [1.807, 2.05) is 0 Å². The first-order chi connectivity index (χ1) is 2.00. The van der Waals surface area contributed by atoms with Crippen molar-refractivity contribution in [1.29, 1.82) is 0 Å². The molecule has 0 aromatic rings. The molecule has 0 rings (SSSR count). The molecule has 0 aromatic carbocycles. The van der Waals surface area contributed by atoms with E-state index in [-0.39, 0.29) is 32.7 Å². The third kappa shape index (κ3) is 56.9. The van der Waals surface area contributed by atoms with Crippen LogP contribution in [0, 0.1) is 0 Å². The summed E-state index contributed by atoms with van der Waals surface area (Å²) in [7, 11) is -0.611. The fourth-order valence-electron chi connectivity index (χ4n) is 0. The summed E-state index contributed by atoms with van der Waals surface area (Å²) < 4.78 is 0. The molecule has 35 valence electrons. The third-order valence-corrected chi connectivity index (χ3v) is 0. The van der Waals surface area contributed by atoms with Gasteiger partial charge in [-0.3, -0.25) is 0 Å². The van der Waals surface area contributed by atoms with E-state index in [4.69, 9.17) is 0 Å². The molecule has 0 aliphatic heterocycles. The zero-order valence-electron chi connectivity index (χ0n) is 5.08. The first-order valence-corrected chi connectivity index (χ1v) is 6.00. The van der Waals surface area contributed by atoms with E-state index in [1.165, 1.54) is 0 Å². The van der Waals surface area contributed by atoms with Gasteiger partial charge in [-0.05, 0) is 0 Å². The van der Waals surface area contributed by atoms with Crippen LogP contribution in [0.1, 0.15) is 0 Å². The largest absolute Gasteiger partial charge is 0.0697 e. The Morgan fingerprint density at radius 1 is 0.833 bits per heavy atom. The molecular formula is C4H12SiY. The maximum Gasteiger partial charge on any atom is 0.0411 e. The van der Waals surface area contributed by atoms with Crippen LogP contribution < -0.4 is 0 Å². The van der Waals surface area contributed by atoms with E-state index >= 15 is 0 Å². The Hall–Kier alpha value is 1.32. The van der Waals surface area contributed by atoms with Crippen LogP contribution in [0.15, 0.2) is 0 Å². The van der Waals surface area contributed by atoms with Gasteiger partial charge in [-0.1, -0.05) is 26.2 Å². The minimum atomic E-state index is -0.611. The summed E-state index contributed by atoms with van der Waals surface area (Å²) >= 11 is 0. The predicted octanol–water partition coefficient (Wildman–Crippen LogP) is 1.95. The first-order valence-electron chi connectivity index (χ1n) is 2.00. The van der Waals surface area contributed by atoms with Gasteiger partial charge >= 0.3 is 0 Å². The summed E-state index contributed by atoms with van der Waals surface area (Å²) in [5.41, 5.74) is 0. The van der Waals surface area contributed by atoms with Crippen molar-refractivity contribution < 1.29 is 32.7 Å². The average Bonchev–Trinajstić information content (AvgIpc) is 0.722. The standard InChI is InChI=1S/C4H12Si.Y/c1-5(2,3)4;/h1-4H3;. The van der Waals surface area contributed by atoms with Gasteiger partial charge in [-0.15, -0.1) is 0 Å². The van der Waals surface area contributed by atoms with E-state index in [0.717, 1.165) is 0 Å². The SMILES string of the molecule is C[Si](C)(C)C.[Y]. The molecule has 2 heteroatoms. The molecule has 0 aliphatic carbocycles. The molecule has 0 fully saturated rings. The van der Waals surface area contributed by atoms with Crippen LogP contribution in [-0.2, 0) is 32.7 Å². The van der Waals surface area contributed by atoms with Gasteiger partial charge in [0.2, 0.25) is 0 Å². The second-order valence-electron chi connectivity index (χ2n) is 3.00. The van der Waals surface area contributed by atoms with E-state index in [9.17, 15) is 0 Å². The van der Waals surface area contributed by atoms with Crippen LogP contribution in [0.4, 0.5) is 0 Å². The smallest absolute Gasteiger partial charge is 0.0411 e. The van der Waals surface area contributed by atoms with Gasteiger partial charge in [0.25, 0.3) is 0 Å². The molecular weight excluding hydrogens is 165 g/mol. The van der Waals surface area contributed by atoms with Gasteiger partial charge in [0.15, 0.2) is 0 Å². The molecule has 0 N–H and O–H groups in total. The zero-order chi connectivity index (χ0) is 4.50. The van der Waals surface area contributed by atoms with Crippen LogP contribution in [-0.4, -0.2) is 8.07 Å². The average molecular weight is 177 g/mol. The second-order valence-corrected chi connectivity index (χ2v) is 9.00. The Morgan fingerprint density at radius 2 is 0.833 bits per heavy atom. The molecule has 0 bridgehead atoms. The van der Waals surface area contributed by atoms with Gasteiger partial charge in [0.1, 0.15) is 0 Å². The van der Waals surface area contributed by atoms with E-state index in [2.05, 4.69) is 26.2 Å². The third-order valence-electron chi connectivity index (χ3n) is 0. The van der Waals surface area contributed by atoms with Crippen molar-refractivity contribution in [2.45, 2.75) is 26.2 Å². The molecule has 0 nitrogen and oxygen atoms in total. The zero-order valence-corrected chi connectivity index (χ0v) is 8.92. The molecule has 1 radical (unpaired) electrons. The summed E-state index contributed by atoms with van der Waals surface area (Å²) in [6.07, 6.45) is 0. The second kappa shape index (κ2) is 3.34. The molecule has 0 atom stereocenters. The Bertz CT molecular complexity index is 23.0. The van der Waals surface area contributed by atoms with Crippen LogP contribution in [0.3, 0.4) is 0 Å². The summed E-state index contributed by atoms with van der Waals surface area (Å²) in [5, 5.41) is 0. The topological polar surface area (TPSA) is 0 Å². The van der Waals surface area contributed by atoms with Crippen molar-refractivity contribution in [1.82, 2.24) is 0 Å². The number of hydrogen-bond acceptors (Lipinski definition) is 0. The van der Waals surface area contributed by atoms with Gasteiger partial charge in [0, 0.05) is 40.8 Å². The van der Waals surface area contributed by atoms with Gasteiger partial charge in [-0.25, -0.2) is 0 Å². The Labute approximate surface area is 66.6 Å². The van der Waals surface area contributed by atoms with Crippen molar-refractivity contribution in [3.63, 3.8) is 0 Å². The summed E-state index contributed by atoms with van der Waals surface area (Å²) in [6, 6.07) is 0. The Kier molecular flexibility index (Phi) is 5.75. The molecule has 0 aliphatic rings. The van der Waals surface area contributed by atoms with Crippen LogP contribution in [0.2, 0.25) is 26.2 Å². The minimum Gasteiger partial charge on any atom is -0.0697 e. The monoisotopic (exact) mass is 177 g/mol. The van der Waals surface area contributed by atoms with Crippen LogP contribution in [0.25, 0.3) is 0 Å². The molecule has 0 heterocycles. The summed E-state index contributed by atoms with van der Waals surface area (Å²) in [4.78, 5) is 0. The molecule has 0 saturated heterocycles. The Balaban J connectivity index is 0. The van der Waals surface area contributed by atoms with Gasteiger partial charge in [-0.2, -0.15) is 0 Å². The van der Waals surface area contributed by atoms with Crippen molar-refractivity contribution in [2.75, 3.05) is 0 Å². The maximum atomic E-state index is 2.33. The Morgan fingerprint density at radius 3 is 0.833 bits per heavy atom. The molecule has 6 heavy (non-hydrogen) atoms. The van der Waals surface area contributed by atoms with Crippen LogP contribution >= 0.6 is 0 Å². The molecule has 0 saturated carbocycles. The quantitative estimate of drug-likeness (QED) is 0.496. The number of rotatable bonds is 0. The van der Waals surface area contributed by atoms with Crippen molar-refractivity contribution in [3.05, 3.63) is 0 Å². The van der Waals surface area contributed by atoms with E-state index in [1.54, 1.807) is 0 Å². The fraction of sp³-hybridized carbons (Fsp3) is 1.00. The van der Waals surface area contributed by atoms with Gasteiger partial charge in [0.05, 0.1) is 0 Å². The van der Waals surface area contributed by atoms with Crippen molar-refractivity contribution in [3.8, 4) is 0 Å². The van der Waals surface area contributed by atoms with Crippen molar-refractivity contribution in [2.24, 2.45) is 0 Å². The summed E-state index contributed by atoms with van der Waals surface area (Å²) in [6.45, 7) is 9.31. The predicted molar refractivity (Wildman–Crippen MR) is 29.2 cm³/mol. The maximum absolute atomic E-state index is 2.33. The molecule has 0 unspecified atom stereocenters. The first kappa shape index (κ1) is 10.3. The van der Waals surface area contributed by atoms with E-state index < -0.39 is 8.07 Å². The minimum absolute atomic E-state index is 0. The van der Waals surface area contributed by atoms with Crippen LogP contribution in [0.5, 0.6) is 0 Å². The molecule has 0 spiro atoms. The fourth-order valence-corrected chi connectivity index (χ4v) is 0. The number of hydrogen-bond donors (Lipinski definition) is 0. The van der Waals surface area contributed by atoms with Gasteiger partial charge < -0.3 is 0 Å². The molecule has 0 amide bonds. The van der Waals surface area contributed by atoms with E-state index in [0.29, 0.717) is 0 Å².